The van der Waals surface area contributed by atoms with Gasteiger partial charge in [0.2, 0.25) is 0 Å². The van der Waals surface area contributed by atoms with Gasteiger partial charge >= 0.3 is 51.4 Å². The van der Waals surface area contributed by atoms with E-state index in [0.29, 0.717) is 18.4 Å². The second-order valence-corrected chi connectivity index (χ2v) is 7.73. The minimum Gasteiger partial charge on any atom is -0.843 e. The Kier molecular flexibility index (Phi) is 26.1. The van der Waals surface area contributed by atoms with E-state index in [9.17, 15) is 9.90 Å². The van der Waals surface area contributed by atoms with Gasteiger partial charge in [-0.05, 0) is 34.8 Å². The molecule has 0 aliphatic heterocycles. The molecule has 0 spiro atoms. The molecular weight excluding hydrogens is 463 g/mol. The van der Waals surface area contributed by atoms with Crippen LogP contribution in [0, 0.1) is 0 Å². The number of carbonyl (C=O) groups excluding carboxylic acids is 2. The number of hydrogen-bond acceptors (Lipinski definition) is 5. The molecule has 6 heteroatoms. The largest absolute Gasteiger partial charge is 1.00 e. The molecule has 186 valence electrons. The van der Waals surface area contributed by atoms with E-state index in [0.717, 1.165) is 5.69 Å². The number of para-hydroxylation sites is 1. The Morgan fingerprint density at radius 2 is 1.31 bits per heavy atom. The van der Waals surface area contributed by atoms with Gasteiger partial charge in [0.1, 0.15) is 13.1 Å². The number of anilines is 1. The Bertz CT molecular complexity index is 853. The van der Waals surface area contributed by atoms with Crippen LogP contribution in [-0.2, 0) is 21.5 Å². The van der Waals surface area contributed by atoms with E-state index in [1.165, 1.54) is 11.1 Å². The molecule has 3 aromatic carbocycles. The summed E-state index contributed by atoms with van der Waals surface area (Å²) in [6.45, 7) is 13.3. The Labute approximate surface area is 255 Å². The Morgan fingerprint density at radius 1 is 0.886 bits per heavy atom. The molecule has 3 rings (SSSR count). The summed E-state index contributed by atoms with van der Waals surface area (Å²) in [6.07, 6.45) is -0.823. The molecule has 5 nitrogen and oxygen atoms in total. The van der Waals surface area contributed by atoms with Crippen molar-refractivity contribution in [3.8, 4) is 0 Å². The molecule has 0 amide bonds. The maximum atomic E-state index is 10.7. The SMILES string of the molecule is C=O.CC.CC(C)(C)c1ccc(CN)cc1.CNc1ccccc1.O=CC([O-])c1ccccc1.[K+]. The van der Waals surface area contributed by atoms with Crippen molar-refractivity contribution in [2.45, 2.75) is 52.7 Å². The van der Waals surface area contributed by atoms with Gasteiger partial charge in [0, 0.05) is 19.3 Å². The van der Waals surface area contributed by atoms with Crippen molar-refractivity contribution in [1.82, 2.24) is 0 Å². The van der Waals surface area contributed by atoms with E-state index in [2.05, 4.69) is 50.4 Å². The van der Waals surface area contributed by atoms with Crippen LogP contribution in [0.2, 0.25) is 0 Å². The fourth-order valence-corrected chi connectivity index (χ4v) is 2.47. The van der Waals surface area contributed by atoms with Gasteiger partial charge in [-0.25, -0.2) is 0 Å². The summed E-state index contributed by atoms with van der Waals surface area (Å²) in [6, 6.07) is 27.1. The van der Waals surface area contributed by atoms with E-state index in [1.54, 1.807) is 30.3 Å². The van der Waals surface area contributed by atoms with E-state index in [-0.39, 0.29) is 56.8 Å². The quantitative estimate of drug-likeness (QED) is 0.420. The summed E-state index contributed by atoms with van der Waals surface area (Å²) in [7, 11) is 1.91. The molecule has 0 aliphatic rings. The number of aldehydes is 1. The molecule has 0 bridgehead atoms. The third kappa shape index (κ3) is 18.3. The molecule has 1 unspecified atom stereocenters. The van der Waals surface area contributed by atoms with Gasteiger partial charge in [-0.1, -0.05) is 113 Å². The summed E-state index contributed by atoms with van der Waals surface area (Å²) in [4.78, 5) is 18.0. The number of rotatable bonds is 4. The van der Waals surface area contributed by atoms with Gasteiger partial charge in [0.25, 0.3) is 0 Å². The van der Waals surface area contributed by atoms with Crippen LogP contribution in [0.15, 0.2) is 84.9 Å². The third-order valence-corrected chi connectivity index (χ3v) is 4.37. The molecule has 35 heavy (non-hydrogen) atoms. The summed E-state index contributed by atoms with van der Waals surface area (Å²) in [5.41, 5.74) is 10.00. The van der Waals surface area contributed by atoms with Crippen molar-refractivity contribution in [2.24, 2.45) is 5.73 Å². The number of hydrogen-bond donors (Lipinski definition) is 2. The fourth-order valence-electron chi connectivity index (χ4n) is 2.47. The van der Waals surface area contributed by atoms with E-state index >= 15 is 0 Å². The van der Waals surface area contributed by atoms with Crippen molar-refractivity contribution in [1.29, 1.82) is 0 Å². The topological polar surface area (TPSA) is 95.2 Å². The summed E-state index contributed by atoms with van der Waals surface area (Å²) in [5, 5.41) is 13.8. The number of benzene rings is 3. The van der Waals surface area contributed by atoms with Crippen LogP contribution >= 0.6 is 0 Å². The van der Waals surface area contributed by atoms with E-state index < -0.39 is 6.10 Å². The van der Waals surface area contributed by atoms with E-state index in [4.69, 9.17) is 10.5 Å². The third-order valence-electron chi connectivity index (χ3n) is 4.37. The molecule has 1 atom stereocenters. The number of nitrogens with one attached hydrogen (secondary N) is 1. The van der Waals surface area contributed by atoms with Crippen molar-refractivity contribution in [2.75, 3.05) is 12.4 Å². The maximum Gasteiger partial charge on any atom is 1.00 e. The fraction of sp³-hybridized carbons (Fsp3) is 0.310. The Morgan fingerprint density at radius 3 is 1.63 bits per heavy atom. The first-order valence-corrected chi connectivity index (χ1v) is 11.3. The van der Waals surface area contributed by atoms with Gasteiger partial charge in [-0.3, -0.25) is 0 Å². The molecule has 3 aromatic rings. The summed E-state index contributed by atoms with van der Waals surface area (Å²) < 4.78 is 0. The van der Waals surface area contributed by atoms with Crippen LogP contribution in [-0.4, -0.2) is 20.1 Å². The van der Waals surface area contributed by atoms with Gasteiger partial charge in [0.15, 0.2) is 0 Å². The zero-order chi connectivity index (χ0) is 26.4. The smallest absolute Gasteiger partial charge is 0.843 e. The average Bonchev–Trinajstić information content (AvgIpc) is 2.91. The molecule has 0 saturated heterocycles. The zero-order valence-corrected chi connectivity index (χ0v) is 25.6. The first-order valence-electron chi connectivity index (χ1n) is 11.3. The first kappa shape index (κ1) is 37.9. The standard InChI is InChI=1S/C11H17N.C8H7O2.C7H9N.C2H6.CH2O.K/c1-11(2,3)10-6-4-9(8-12)5-7-10;9-6-8(10)7-4-2-1-3-5-7;1-8-7-5-3-2-4-6-7;2*1-2;/h4-7H,8,12H2,1-3H3;1-6,8H;2-6,8H,1H3;1-2H3;1H2;/q;-1;;;;+1. The monoisotopic (exact) mass is 504 g/mol. The van der Waals surface area contributed by atoms with Crippen LogP contribution in [0.4, 0.5) is 5.69 Å². The Balaban J connectivity index is -0.000000409. The molecule has 0 heterocycles. The Hall–Kier alpha value is -1.64. The molecule has 0 fully saturated rings. The van der Waals surface area contributed by atoms with Gasteiger partial charge in [0.05, 0.1) is 0 Å². The van der Waals surface area contributed by atoms with Crippen LogP contribution in [0.5, 0.6) is 0 Å². The minimum atomic E-state index is -1.22. The molecule has 0 saturated carbocycles. The van der Waals surface area contributed by atoms with Crippen molar-refractivity contribution in [3.05, 3.63) is 102 Å². The second-order valence-electron chi connectivity index (χ2n) is 7.73. The van der Waals surface area contributed by atoms with Crippen LogP contribution in [0.1, 0.15) is 57.4 Å². The minimum absolute atomic E-state index is 0. The predicted octanol–water partition coefficient (Wildman–Crippen LogP) is 2.30. The van der Waals surface area contributed by atoms with Crippen LogP contribution < -0.4 is 67.5 Å². The number of carbonyl (C=O) groups is 2. The molecule has 0 aliphatic carbocycles. The van der Waals surface area contributed by atoms with E-state index in [1.807, 2.05) is 58.0 Å². The summed E-state index contributed by atoms with van der Waals surface area (Å²) in [5.74, 6) is 0. The predicted molar refractivity (Wildman–Crippen MR) is 143 cm³/mol. The molecule has 3 N–H and O–H groups in total. The van der Waals surface area contributed by atoms with Crippen molar-refractivity contribution < 1.29 is 66.1 Å². The van der Waals surface area contributed by atoms with Gasteiger partial charge < -0.3 is 25.7 Å². The van der Waals surface area contributed by atoms with Crippen molar-refractivity contribution >= 4 is 18.8 Å². The van der Waals surface area contributed by atoms with Gasteiger partial charge in [-0.2, -0.15) is 0 Å². The van der Waals surface area contributed by atoms with Crippen molar-refractivity contribution in [3.63, 3.8) is 0 Å². The molecule has 0 radical (unpaired) electrons. The number of nitrogens with two attached hydrogens (primary N) is 1. The molecular formula is C29H41KN2O3. The van der Waals surface area contributed by atoms with Gasteiger partial charge in [-0.15, -0.1) is 0 Å². The zero-order valence-electron chi connectivity index (χ0n) is 22.5. The maximum absolute atomic E-state index is 10.7. The average molecular weight is 505 g/mol. The first-order chi connectivity index (χ1) is 16.3. The molecule has 0 aromatic heterocycles. The van der Waals surface area contributed by atoms with Crippen LogP contribution in [0.3, 0.4) is 0 Å². The second kappa shape index (κ2) is 24.1. The van der Waals surface area contributed by atoms with Crippen LogP contribution in [0.25, 0.3) is 0 Å². The summed E-state index contributed by atoms with van der Waals surface area (Å²) >= 11 is 0. The normalized spacial score (nSPS) is 9.83.